The topological polar surface area (TPSA) is 108 Å². The van der Waals surface area contributed by atoms with Crippen LogP contribution in [0.25, 0.3) is 11.0 Å². The van der Waals surface area contributed by atoms with Gasteiger partial charge in [0.1, 0.15) is 23.1 Å². The number of fused-ring (bicyclic) bond motifs is 1. The number of carbonyl (C=O) groups excluding carboxylic acids is 1. The molecule has 0 radical (unpaired) electrons. The Morgan fingerprint density at radius 1 is 1.21 bits per heavy atom. The number of aromatic nitrogens is 2. The summed E-state index contributed by atoms with van der Waals surface area (Å²) in [5, 5.41) is 9.35. The molecule has 0 bridgehead atoms. The molecule has 1 aliphatic rings. The summed E-state index contributed by atoms with van der Waals surface area (Å²) in [7, 11) is 1.68. The second kappa shape index (κ2) is 9.23. The number of benzene rings is 1. The lowest BCUT2D eigenvalue weighted by Crippen LogP contribution is -2.58. The van der Waals surface area contributed by atoms with Crippen molar-refractivity contribution in [2.75, 3.05) is 18.0 Å². The Hall–Kier alpha value is -3.77. The third-order valence-electron chi connectivity index (χ3n) is 6.58. The summed E-state index contributed by atoms with van der Waals surface area (Å²) >= 11 is 0. The smallest absolute Gasteiger partial charge is 0.252 e. The average Bonchev–Trinajstić information content (AvgIpc) is 2.81. The molecule has 176 valence electrons. The summed E-state index contributed by atoms with van der Waals surface area (Å²) in [6.07, 6.45) is 0.116. The molecule has 4 rings (SSSR count). The van der Waals surface area contributed by atoms with Gasteiger partial charge in [0.25, 0.3) is 5.56 Å². The van der Waals surface area contributed by atoms with Crippen molar-refractivity contribution >= 4 is 22.6 Å². The number of primary amides is 1. The largest absolute Gasteiger partial charge is 0.370 e. The second-order valence-electron chi connectivity index (χ2n) is 8.89. The van der Waals surface area contributed by atoms with Gasteiger partial charge in [0, 0.05) is 50.7 Å². The van der Waals surface area contributed by atoms with Crippen molar-refractivity contribution in [1.29, 1.82) is 5.26 Å². The van der Waals surface area contributed by atoms with E-state index in [1.54, 1.807) is 37.4 Å². The zero-order valence-corrected chi connectivity index (χ0v) is 19.4. The van der Waals surface area contributed by atoms with Crippen molar-refractivity contribution in [3.63, 3.8) is 0 Å². The second-order valence-corrected chi connectivity index (χ2v) is 8.89. The van der Waals surface area contributed by atoms with E-state index < -0.39 is 5.91 Å². The van der Waals surface area contributed by atoms with Gasteiger partial charge in [0.05, 0.1) is 11.2 Å². The molecule has 2 N–H and O–H groups in total. The van der Waals surface area contributed by atoms with Gasteiger partial charge in [-0.05, 0) is 43.7 Å². The van der Waals surface area contributed by atoms with Crippen LogP contribution in [0.15, 0.2) is 47.3 Å². The Balaban J connectivity index is 1.72. The van der Waals surface area contributed by atoms with Gasteiger partial charge in [-0.3, -0.25) is 14.5 Å². The van der Waals surface area contributed by atoms with Crippen LogP contribution in [0.3, 0.4) is 0 Å². The van der Waals surface area contributed by atoms with Crippen molar-refractivity contribution in [1.82, 2.24) is 14.5 Å². The van der Waals surface area contributed by atoms with Crippen molar-refractivity contribution in [3.8, 4) is 6.07 Å². The number of nitriles is 1. The minimum Gasteiger partial charge on any atom is -0.370 e. The summed E-state index contributed by atoms with van der Waals surface area (Å²) in [5.74, 6) is -0.767. The molecule has 8 nitrogen and oxygen atoms in total. The predicted octanol–water partition coefficient (Wildman–Crippen LogP) is 2.46. The molecule has 9 heteroatoms. The summed E-state index contributed by atoms with van der Waals surface area (Å²) in [5.41, 5.74) is 8.45. The first-order valence-corrected chi connectivity index (χ1v) is 11.2. The van der Waals surface area contributed by atoms with Gasteiger partial charge in [0.2, 0.25) is 5.91 Å². The van der Waals surface area contributed by atoms with Gasteiger partial charge in [-0.15, -0.1) is 0 Å². The number of hydrogen-bond donors (Lipinski definition) is 1. The monoisotopic (exact) mass is 462 g/mol. The zero-order chi connectivity index (χ0) is 24.6. The molecule has 1 unspecified atom stereocenters. The molecule has 3 aromatic rings. The molecule has 0 spiro atoms. The van der Waals surface area contributed by atoms with Crippen LogP contribution in [-0.2, 0) is 11.8 Å². The van der Waals surface area contributed by atoms with Crippen LogP contribution in [0.5, 0.6) is 0 Å². The zero-order valence-electron chi connectivity index (χ0n) is 19.4. The van der Waals surface area contributed by atoms with Gasteiger partial charge >= 0.3 is 0 Å². The molecule has 3 atom stereocenters. The maximum absolute atomic E-state index is 13.5. The predicted molar refractivity (Wildman–Crippen MR) is 128 cm³/mol. The molecular weight excluding hydrogens is 435 g/mol. The molecular formula is C25H27FN6O2. The van der Waals surface area contributed by atoms with Crippen LogP contribution in [0.4, 0.5) is 10.1 Å². The number of pyridine rings is 2. The van der Waals surface area contributed by atoms with Crippen molar-refractivity contribution in [3.05, 3.63) is 69.9 Å². The molecule has 3 heterocycles. The highest BCUT2D eigenvalue weighted by Crippen LogP contribution is 2.34. The molecule has 34 heavy (non-hydrogen) atoms. The van der Waals surface area contributed by atoms with E-state index in [4.69, 9.17) is 5.73 Å². The number of rotatable bonds is 5. The van der Waals surface area contributed by atoms with E-state index in [2.05, 4.69) is 20.9 Å². The fourth-order valence-electron chi connectivity index (χ4n) is 4.82. The van der Waals surface area contributed by atoms with Crippen molar-refractivity contribution < 1.29 is 9.18 Å². The van der Waals surface area contributed by atoms with E-state index in [9.17, 15) is 19.2 Å². The average molecular weight is 463 g/mol. The quantitative estimate of drug-likeness (QED) is 0.624. The van der Waals surface area contributed by atoms with Crippen molar-refractivity contribution in [2.45, 2.75) is 38.4 Å². The number of piperazine rings is 1. The Labute approximate surface area is 197 Å². The van der Waals surface area contributed by atoms with Crippen LogP contribution < -0.4 is 16.2 Å². The highest BCUT2D eigenvalue weighted by atomic mass is 19.1. The highest BCUT2D eigenvalue weighted by Gasteiger charge is 2.35. The lowest BCUT2D eigenvalue weighted by atomic mass is 9.96. The van der Waals surface area contributed by atoms with E-state index in [0.29, 0.717) is 29.8 Å². The molecule has 2 aromatic heterocycles. The maximum Gasteiger partial charge on any atom is 0.252 e. The lowest BCUT2D eigenvalue weighted by Gasteiger charge is -2.48. The highest BCUT2D eigenvalue weighted by molar-refractivity contribution is 5.89. The number of nitrogens with zero attached hydrogens (tertiary/aromatic N) is 5. The number of hydrogen-bond acceptors (Lipinski definition) is 6. The van der Waals surface area contributed by atoms with Crippen molar-refractivity contribution in [2.24, 2.45) is 12.8 Å². The van der Waals surface area contributed by atoms with Crippen LogP contribution in [0, 0.1) is 17.1 Å². The Bertz CT molecular complexity index is 1330. The van der Waals surface area contributed by atoms with E-state index in [-0.39, 0.29) is 41.6 Å². The molecule has 1 aromatic carbocycles. The van der Waals surface area contributed by atoms with Gasteiger partial charge in [-0.25, -0.2) is 9.37 Å². The third-order valence-corrected chi connectivity index (χ3v) is 6.58. The molecule has 1 amide bonds. The SMILES string of the molecule is C[C@@H]1CN(c2cc(=O)n(C)c3ccc(C#N)nc23)[C@@H](C)CN1C(CC(N)=O)c1ccc(F)cc1. The minimum absolute atomic E-state index is 0.0103. The number of nitrogens with two attached hydrogens (primary N) is 1. The lowest BCUT2D eigenvalue weighted by molar-refractivity contribution is -0.119. The van der Waals surface area contributed by atoms with Gasteiger partial charge in [-0.2, -0.15) is 5.26 Å². The molecule has 0 aliphatic carbocycles. The van der Waals surface area contributed by atoms with Gasteiger partial charge < -0.3 is 15.2 Å². The Morgan fingerprint density at radius 3 is 2.56 bits per heavy atom. The van der Waals surface area contributed by atoms with E-state index >= 15 is 0 Å². The number of amides is 1. The number of carbonyl (C=O) groups is 1. The first-order valence-electron chi connectivity index (χ1n) is 11.2. The summed E-state index contributed by atoms with van der Waals surface area (Å²) in [6.45, 7) is 5.25. The van der Waals surface area contributed by atoms with Crippen LogP contribution >= 0.6 is 0 Å². The number of aryl methyl sites for hydroxylation is 1. The fourth-order valence-corrected chi connectivity index (χ4v) is 4.82. The summed E-state index contributed by atoms with van der Waals surface area (Å²) < 4.78 is 15.0. The maximum atomic E-state index is 13.5. The number of anilines is 1. The molecule has 1 aliphatic heterocycles. The standard InChI is InChI=1S/C25H27FN6O2/c1-15-14-32(22-11-24(34)30(3)20-9-8-19(12-27)29-25(20)22)16(2)13-31(15)21(10-23(28)33)17-4-6-18(26)7-5-17/h4-9,11,15-16,21H,10,13-14H2,1-3H3,(H2,28,33)/t15-,16+,21?/m1/s1. The fraction of sp³-hybridized carbons (Fsp3) is 0.360. The third kappa shape index (κ3) is 4.37. The first kappa shape index (κ1) is 23.4. The van der Waals surface area contributed by atoms with Crippen LogP contribution in [0.1, 0.15) is 37.6 Å². The van der Waals surface area contributed by atoms with Crippen LogP contribution in [-0.4, -0.2) is 45.5 Å². The Kier molecular flexibility index (Phi) is 6.35. The Morgan fingerprint density at radius 2 is 1.91 bits per heavy atom. The molecule has 1 saturated heterocycles. The molecule has 0 saturated carbocycles. The normalized spacial score (nSPS) is 19.7. The molecule has 1 fully saturated rings. The van der Waals surface area contributed by atoms with E-state index in [0.717, 1.165) is 5.56 Å². The van der Waals surface area contributed by atoms with Gasteiger partial charge in [-0.1, -0.05) is 12.1 Å². The van der Waals surface area contributed by atoms with Gasteiger partial charge in [0.15, 0.2) is 0 Å². The van der Waals surface area contributed by atoms with Crippen LogP contribution in [0.2, 0.25) is 0 Å². The first-order chi connectivity index (χ1) is 16.2. The summed E-state index contributed by atoms with van der Waals surface area (Å²) in [6, 6.07) is 12.8. The van der Waals surface area contributed by atoms with E-state index in [1.807, 2.05) is 13.8 Å². The summed E-state index contributed by atoms with van der Waals surface area (Å²) in [4.78, 5) is 33.4. The van der Waals surface area contributed by atoms with E-state index in [1.165, 1.54) is 16.7 Å². The minimum atomic E-state index is -0.428. The number of halogens is 1.